The van der Waals surface area contributed by atoms with E-state index in [1.54, 1.807) is 39.9 Å². The zero-order chi connectivity index (χ0) is 21.4. The van der Waals surface area contributed by atoms with Gasteiger partial charge in [-0.1, -0.05) is 12.0 Å². The molecule has 0 aliphatic rings. The lowest BCUT2D eigenvalue weighted by Crippen LogP contribution is -2.12. The quantitative estimate of drug-likeness (QED) is 0.455. The molecule has 0 aliphatic carbocycles. The Bertz CT molecular complexity index is 1520. The van der Waals surface area contributed by atoms with Gasteiger partial charge in [-0.3, -0.25) is 9.48 Å². The number of aromatic nitrogens is 5. The lowest BCUT2D eigenvalue weighted by atomic mass is 10.0. The fourth-order valence-corrected chi connectivity index (χ4v) is 3.37. The van der Waals surface area contributed by atoms with Crippen LogP contribution >= 0.6 is 0 Å². The molecule has 0 unspecified atom stereocenters. The van der Waals surface area contributed by atoms with E-state index in [4.69, 9.17) is 0 Å². The van der Waals surface area contributed by atoms with Crippen molar-refractivity contribution in [2.24, 2.45) is 7.05 Å². The maximum atomic E-state index is 12.8. The third-order valence-corrected chi connectivity index (χ3v) is 5.11. The number of amides is 1. The largest absolute Gasteiger partial charge is 0.322 e. The summed E-state index contributed by atoms with van der Waals surface area (Å²) >= 11 is 0. The number of carbonyl (C=O) groups is 1. The summed E-state index contributed by atoms with van der Waals surface area (Å²) in [6.07, 6.45) is 5.18. The van der Waals surface area contributed by atoms with Crippen LogP contribution in [0.2, 0.25) is 0 Å². The van der Waals surface area contributed by atoms with Crippen molar-refractivity contribution in [3.63, 3.8) is 0 Å². The van der Waals surface area contributed by atoms with Crippen LogP contribution in [0.5, 0.6) is 0 Å². The highest BCUT2D eigenvalue weighted by Crippen LogP contribution is 2.19. The second kappa shape index (κ2) is 7.43. The van der Waals surface area contributed by atoms with E-state index in [1.165, 1.54) is 0 Å². The number of nitrogens with one attached hydrogen (secondary N) is 1. The number of benzene rings is 2. The predicted octanol–water partition coefficient (Wildman–Crippen LogP) is 3.58. The third-order valence-electron chi connectivity index (χ3n) is 5.11. The van der Waals surface area contributed by atoms with E-state index in [-0.39, 0.29) is 5.91 Å². The van der Waals surface area contributed by atoms with Crippen molar-refractivity contribution in [1.29, 1.82) is 0 Å². The van der Waals surface area contributed by atoms with Gasteiger partial charge < -0.3 is 5.32 Å². The van der Waals surface area contributed by atoms with Gasteiger partial charge in [0, 0.05) is 35.4 Å². The van der Waals surface area contributed by atoms with E-state index in [0.29, 0.717) is 16.9 Å². The van der Waals surface area contributed by atoms with Crippen molar-refractivity contribution in [2.75, 3.05) is 5.32 Å². The Morgan fingerprint density at radius 1 is 1.03 bits per heavy atom. The fraction of sp³-hybridized carbons (Fsp3) is 0.0833. The normalized spacial score (nSPS) is 10.8. The smallest absolute Gasteiger partial charge is 0.255 e. The Balaban J connectivity index is 1.42. The van der Waals surface area contributed by atoms with Crippen molar-refractivity contribution in [3.8, 4) is 11.8 Å². The maximum absolute atomic E-state index is 12.8. The summed E-state index contributed by atoms with van der Waals surface area (Å²) in [6.45, 7) is 1.97. The van der Waals surface area contributed by atoms with Crippen LogP contribution in [0.3, 0.4) is 0 Å². The number of imidazole rings is 1. The zero-order valence-corrected chi connectivity index (χ0v) is 17.0. The second-order valence-corrected chi connectivity index (χ2v) is 7.21. The molecule has 31 heavy (non-hydrogen) atoms. The Hall–Kier alpha value is -4.44. The van der Waals surface area contributed by atoms with Gasteiger partial charge in [0.05, 0.1) is 17.9 Å². The number of hydrogen-bond donors (Lipinski definition) is 1. The molecular weight excluding hydrogens is 388 g/mol. The number of carbonyl (C=O) groups excluding carboxylic acids is 1. The van der Waals surface area contributed by atoms with Crippen LogP contribution in [0, 0.1) is 18.8 Å². The van der Waals surface area contributed by atoms with Gasteiger partial charge >= 0.3 is 0 Å². The highest BCUT2D eigenvalue weighted by molar-refractivity contribution is 6.05. The molecule has 0 aliphatic heterocycles. The van der Waals surface area contributed by atoms with Crippen LogP contribution in [-0.4, -0.2) is 30.3 Å². The molecule has 0 atom stereocenters. The summed E-state index contributed by atoms with van der Waals surface area (Å²) in [5.74, 6) is 6.07. The molecule has 7 nitrogen and oxygen atoms in total. The Morgan fingerprint density at radius 2 is 1.94 bits per heavy atom. The van der Waals surface area contributed by atoms with Gasteiger partial charge in [-0.25, -0.2) is 9.50 Å². The van der Waals surface area contributed by atoms with E-state index < -0.39 is 0 Å². The molecule has 0 saturated carbocycles. The van der Waals surface area contributed by atoms with E-state index in [9.17, 15) is 4.79 Å². The number of hydrogen-bond acceptors (Lipinski definition) is 4. The van der Waals surface area contributed by atoms with Gasteiger partial charge in [0.2, 0.25) is 0 Å². The summed E-state index contributed by atoms with van der Waals surface area (Å²) < 4.78 is 3.47. The number of rotatable bonds is 2. The molecule has 1 N–H and O–H groups in total. The first-order valence-corrected chi connectivity index (χ1v) is 9.73. The van der Waals surface area contributed by atoms with Crippen molar-refractivity contribution in [3.05, 3.63) is 89.5 Å². The monoisotopic (exact) mass is 406 g/mol. The molecule has 5 aromatic rings. The molecule has 5 rings (SSSR count). The highest BCUT2D eigenvalue weighted by atomic mass is 16.1. The van der Waals surface area contributed by atoms with Crippen LogP contribution in [0.1, 0.15) is 27.2 Å². The molecule has 3 aromatic heterocycles. The summed E-state index contributed by atoms with van der Waals surface area (Å²) in [5, 5.41) is 12.5. The Kier molecular flexibility index (Phi) is 4.45. The SMILES string of the molecule is Cc1ccc(C(=O)Nc2ccc3cnn(C)c3c2)cc1C#Cc1cnc2cccnn12. The minimum absolute atomic E-state index is 0.193. The minimum atomic E-state index is -0.193. The molecule has 0 spiro atoms. The summed E-state index contributed by atoms with van der Waals surface area (Å²) in [7, 11) is 1.87. The van der Waals surface area contributed by atoms with Crippen molar-refractivity contribution in [1.82, 2.24) is 24.4 Å². The maximum Gasteiger partial charge on any atom is 0.255 e. The van der Waals surface area contributed by atoms with Crippen LogP contribution in [-0.2, 0) is 7.05 Å². The lowest BCUT2D eigenvalue weighted by Gasteiger charge is -2.07. The van der Waals surface area contributed by atoms with E-state index >= 15 is 0 Å². The highest BCUT2D eigenvalue weighted by Gasteiger charge is 2.10. The van der Waals surface area contributed by atoms with Gasteiger partial charge in [0.15, 0.2) is 5.65 Å². The van der Waals surface area contributed by atoms with E-state index in [1.807, 2.05) is 50.4 Å². The zero-order valence-electron chi connectivity index (χ0n) is 17.0. The van der Waals surface area contributed by atoms with Gasteiger partial charge in [0.25, 0.3) is 5.91 Å². The van der Waals surface area contributed by atoms with Gasteiger partial charge in [-0.15, -0.1) is 0 Å². The predicted molar refractivity (Wildman–Crippen MR) is 119 cm³/mol. The Labute approximate surface area is 178 Å². The molecule has 2 aromatic carbocycles. The third kappa shape index (κ3) is 3.51. The molecule has 7 heteroatoms. The van der Waals surface area contributed by atoms with Gasteiger partial charge in [-0.2, -0.15) is 10.2 Å². The van der Waals surface area contributed by atoms with E-state index in [2.05, 4.69) is 32.3 Å². The van der Waals surface area contributed by atoms with Gasteiger partial charge in [0.1, 0.15) is 5.69 Å². The first-order chi connectivity index (χ1) is 15.1. The molecule has 0 fully saturated rings. The van der Waals surface area contributed by atoms with Crippen molar-refractivity contribution >= 4 is 28.1 Å². The standard InChI is InChI=1S/C24H18N6O/c1-16-5-6-18(24(31)28-20-9-7-19-14-27-29(2)22(19)13-20)12-17(16)8-10-21-15-25-23-4-3-11-26-30(21)23/h3-7,9,11-15H,1-2H3,(H,28,31). The van der Waals surface area contributed by atoms with Gasteiger partial charge in [-0.05, 0) is 60.9 Å². The average Bonchev–Trinajstić information content (AvgIpc) is 3.36. The van der Waals surface area contributed by atoms with Crippen LogP contribution in [0.15, 0.2) is 67.1 Å². The molecule has 1 amide bonds. The second-order valence-electron chi connectivity index (χ2n) is 7.21. The lowest BCUT2D eigenvalue weighted by molar-refractivity contribution is 0.102. The van der Waals surface area contributed by atoms with E-state index in [0.717, 1.165) is 27.7 Å². The first-order valence-electron chi connectivity index (χ1n) is 9.73. The molecule has 3 heterocycles. The minimum Gasteiger partial charge on any atom is -0.322 e. The summed E-state index contributed by atoms with van der Waals surface area (Å²) in [4.78, 5) is 17.1. The average molecular weight is 406 g/mol. The van der Waals surface area contributed by atoms with Crippen LogP contribution < -0.4 is 5.32 Å². The number of aryl methyl sites for hydroxylation is 2. The molecular formula is C24H18N6O. The fourth-order valence-electron chi connectivity index (χ4n) is 3.37. The number of fused-ring (bicyclic) bond motifs is 2. The molecule has 0 bridgehead atoms. The molecule has 0 radical (unpaired) electrons. The van der Waals surface area contributed by atoms with Crippen molar-refractivity contribution < 1.29 is 4.79 Å². The Morgan fingerprint density at radius 3 is 2.84 bits per heavy atom. The number of anilines is 1. The number of nitrogens with zero attached hydrogens (tertiary/aromatic N) is 5. The summed E-state index contributed by atoms with van der Waals surface area (Å²) in [5.41, 5.74) is 5.40. The molecule has 150 valence electrons. The van der Waals surface area contributed by atoms with Crippen LogP contribution in [0.25, 0.3) is 16.6 Å². The summed E-state index contributed by atoms with van der Waals surface area (Å²) in [6, 6.07) is 14.9. The topological polar surface area (TPSA) is 77.1 Å². The first kappa shape index (κ1) is 18.6. The van der Waals surface area contributed by atoms with Crippen molar-refractivity contribution in [2.45, 2.75) is 6.92 Å². The van der Waals surface area contributed by atoms with Crippen LogP contribution in [0.4, 0.5) is 5.69 Å². The molecule has 0 saturated heterocycles.